The summed E-state index contributed by atoms with van der Waals surface area (Å²) in [5, 5.41) is 0. The van der Waals surface area contributed by atoms with Crippen LogP contribution in [0.1, 0.15) is 55.7 Å². The van der Waals surface area contributed by atoms with Gasteiger partial charge in [-0.1, -0.05) is 94.8 Å². The number of hydrogen-bond acceptors (Lipinski definition) is 4. The van der Waals surface area contributed by atoms with Crippen LogP contribution in [0.25, 0.3) is 0 Å². The van der Waals surface area contributed by atoms with Crippen molar-refractivity contribution in [2.24, 2.45) is 0 Å². The highest BCUT2D eigenvalue weighted by Crippen LogP contribution is 2.62. The van der Waals surface area contributed by atoms with Gasteiger partial charge in [-0.25, -0.2) is 9.69 Å². The summed E-state index contributed by atoms with van der Waals surface area (Å²) >= 11 is 3.69. The van der Waals surface area contributed by atoms with Gasteiger partial charge in [0.05, 0.1) is 15.9 Å². The molecule has 184 valence electrons. The molecule has 1 aliphatic carbocycles. The number of amides is 2. The molecule has 1 saturated carbocycles. The summed E-state index contributed by atoms with van der Waals surface area (Å²) in [5.74, 6) is -1.33. The molecule has 36 heavy (non-hydrogen) atoms. The van der Waals surface area contributed by atoms with Crippen LogP contribution in [0.15, 0.2) is 84.9 Å². The molecule has 2 aliphatic rings. The van der Waals surface area contributed by atoms with E-state index in [1.54, 1.807) is 26.8 Å². The van der Waals surface area contributed by atoms with Crippen LogP contribution >= 0.6 is 15.9 Å². The first kappa shape index (κ1) is 24.4. The Hall–Kier alpha value is -3.25. The van der Waals surface area contributed by atoms with Gasteiger partial charge in [-0.3, -0.25) is 9.59 Å². The molecule has 0 aromatic heterocycles. The molecular formula is C30H28BrNO4. The third-order valence-electron chi connectivity index (χ3n) is 7.13. The van der Waals surface area contributed by atoms with Gasteiger partial charge < -0.3 is 4.74 Å². The Balaban J connectivity index is 1.82. The van der Waals surface area contributed by atoms with Gasteiger partial charge in [-0.2, -0.15) is 0 Å². The minimum atomic E-state index is -1.20. The lowest BCUT2D eigenvalue weighted by molar-refractivity contribution is -0.129. The lowest BCUT2D eigenvalue weighted by Crippen LogP contribution is -2.57. The van der Waals surface area contributed by atoms with E-state index in [-0.39, 0.29) is 18.1 Å². The largest absolute Gasteiger partial charge is 0.443 e. The second kappa shape index (κ2) is 9.00. The molecule has 2 unspecified atom stereocenters. The van der Waals surface area contributed by atoms with Crippen LogP contribution in [-0.4, -0.2) is 28.2 Å². The average Bonchev–Trinajstić information content (AvgIpc) is 3.10. The number of ketones is 1. The Morgan fingerprint density at radius 1 is 0.889 bits per heavy atom. The second-order valence-corrected chi connectivity index (χ2v) is 11.4. The molecule has 0 radical (unpaired) electrons. The quantitative estimate of drug-likeness (QED) is 0.344. The van der Waals surface area contributed by atoms with E-state index in [9.17, 15) is 14.4 Å². The van der Waals surface area contributed by atoms with Crippen molar-refractivity contribution in [3.05, 3.63) is 102 Å². The fourth-order valence-electron chi connectivity index (χ4n) is 5.82. The number of anilines is 1. The lowest BCUT2D eigenvalue weighted by atomic mass is 9.53. The number of carbonyl (C=O) groups is 3. The third kappa shape index (κ3) is 3.79. The number of halogens is 1. The molecule has 1 fully saturated rings. The van der Waals surface area contributed by atoms with E-state index in [1.165, 1.54) is 4.90 Å². The van der Waals surface area contributed by atoms with Gasteiger partial charge in [0.15, 0.2) is 0 Å². The predicted molar refractivity (Wildman–Crippen MR) is 143 cm³/mol. The van der Waals surface area contributed by atoms with Crippen LogP contribution in [0.2, 0.25) is 0 Å². The first-order chi connectivity index (χ1) is 17.2. The number of rotatable bonds is 2. The van der Waals surface area contributed by atoms with Crippen LogP contribution in [0.3, 0.4) is 0 Å². The van der Waals surface area contributed by atoms with Crippen LogP contribution in [0, 0.1) is 0 Å². The van der Waals surface area contributed by atoms with Gasteiger partial charge in [0, 0.05) is 18.3 Å². The molecule has 3 aromatic rings. The summed E-state index contributed by atoms with van der Waals surface area (Å²) in [6.45, 7) is 5.33. The van der Waals surface area contributed by atoms with E-state index in [1.807, 2.05) is 78.9 Å². The molecule has 6 heteroatoms. The molecule has 2 amide bonds. The van der Waals surface area contributed by atoms with Gasteiger partial charge >= 0.3 is 6.09 Å². The number of nitrogens with zero attached hydrogens (tertiary/aromatic N) is 1. The molecule has 1 spiro atoms. The molecule has 0 bridgehead atoms. The summed E-state index contributed by atoms with van der Waals surface area (Å²) < 4.78 is 5.70. The summed E-state index contributed by atoms with van der Waals surface area (Å²) in [4.78, 5) is 42.3. The standard InChI is InChI=1S/C30H28BrNO4/c1-29(2,3)36-28(35)32-23-17-11-10-16-21(23)30(27(32)34)22(19-12-6-4-7-13-19)18-24(33)26(31)25(30)20-14-8-5-9-15-20/h4-17,22,25-26H,18H2,1-3H3/t22-,25+,26?,30?/m1/s1. The number of imide groups is 1. The van der Waals surface area contributed by atoms with E-state index in [0.717, 1.165) is 16.7 Å². The summed E-state index contributed by atoms with van der Waals surface area (Å²) in [7, 11) is 0. The van der Waals surface area contributed by atoms with Crippen LogP contribution in [-0.2, 0) is 19.7 Å². The Bertz CT molecular complexity index is 1320. The van der Waals surface area contributed by atoms with Crippen LogP contribution in [0.5, 0.6) is 0 Å². The van der Waals surface area contributed by atoms with Crippen LogP contribution < -0.4 is 4.90 Å². The van der Waals surface area contributed by atoms with Gasteiger partial charge in [-0.05, 0) is 43.5 Å². The summed E-state index contributed by atoms with van der Waals surface area (Å²) in [6, 6.07) is 26.7. The van der Waals surface area contributed by atoms with Gasteiger partial charge in [0.2, 0.25) is 5.91 Å². The van der Waals surface area contributed by atoms with Crippen molar-refractivity contribution in [2.75, 3.05) is 4.90 Å². The normalized spacial score (nSPS) is 25.7. The molecule has 1 aliphatic heterocycles. The van der Waals surface area contributed by atoms with Gasteiger partial charge in [-0.15, -0.1) is 0 Å². The molecule has 5 nitrogen and oxygen atoms in total. The highest BCUT2D eigenvalue weighted by Gasteiger charge is 2.66. The highest BCUT2D eigenvalue weighted by atomic mass is 79.9. The Kier molecular flexibility index (Phi) is 6.11. The van der Waals surface area contributed by atoms with E-state index >= 15 is 0 Å². The van der Waals surface area contributed by atoms with Gasteiger partial charge in [0.1, 0.15) is 11.4 Å². The minimum Gasteiger partial charge on any atom is -0.443 e. The van der Waals surface area contributed by atoms with E-state index in [0.29, 0.717) is 5.69 Å². The first-order valence-electron chi connectivity index (χ1n) is 12.1. The summed E-state index contributed by atoms with van der Waals surface area (Å²) in [5.41, 5.74) is 1.02. The zero-order valence-electron chi connectivity index (χ0n) is 20.5. The fourth-order valence-corrected chi connectivity index (χ4v) is 6.73. The van der Waals surface area contributed by atoms with Crippen molar-refractivity contribution in [2.45, 2.75) is 54.9 Å². The maximum absolute atomic E-state index is 14.8. The third-order valence-corrected chi connectivity index (χ3v) is 8.17. The second-order valence-electron chi connectivity index (χ2n) is 10.4. The zero-order chi connectivity index (χ0) is 25.7. The van der Waals surface area contributed by atoms with E-state index in [2.05, 4.69) is 15.9 Å². The Labute approximate surface area is 219 Å². The van der Waals surface area contributed by atoms with Crippen molar-refractivity contribution >= 4 is 39.4 Å². The predicted octanol–water partition coefficient (Wildman–Crippen LogP) is 6.51. The number of benzene rings is 3. The molecule has 3 aromatic carbocycles. The summed E-state index contributed by atoms with van der Waals surface area (Å²) in [6.07, 6.45) is -0.538. The molecule has 0 N–H and O–H groups in total. The van der Waals surface area contributed by atoms with Crippen molar-refractivity contribution in [3.63, 3.8) is 0 Å². The number of hydrogen-bond donors (Lipinski definition) is 0. The first-order valence-corrected chi connectivity index (χ1v) is 13.0. The van der Waals surface area contributed by atoms with E-state index in [4.69, 9.17) is 4.74 Å². The van der Waals surface area contributed by atoms with Crippen molar-refractivity contribution in [3.8, 4) is 0 Å². The topological polar surface area (TPSA) is 63.7 Å². The maximum Gasteiger partial charge on any atom is 0.421 e. The van der Waals surface area contributed by atoms with E-state index < -0.39 is 33.8 Å². The fraction of sp³-hybridized carbons (Fsp3) is 0.300. The molecular weight excluding hydrogens is 518 g/mol. The maximum atomic E-state index is 14.8. The van der Waals surface area contributed by atoms with Gasteiger partial charge in [0.25, 0.3) is 0 Å². The Morgan fingerprint density at radius 3 is 2.06 bits per heavy atom. The zero-order valence-corrected chi connectivity index (χ0v) is 22.1. The van der Waals surface area contributed by atoms with Crippen molar-refractivity contribution in [1.29, 1.82) is 0 Å². The number of carbonyl (C=O) groups excluding carboxylic acids is 3. The SMILES string of the molecule is CC(C)(C)OC(=O)N1C(=O)C2(c3ccccc31)[C@@H](c1ccccc1)CC(=O)C(Br)[C@@H]2c1ccccc1. The lowest BCUT2D eigenvalue weighted by Gasteiger charge is -2.48. The minimum absolute atomic E-state index is 0.0318. The van der Waals surface area contributed by atoms with Crippen molar-refractivity contribution < 1.29 is 19.1 Å². The molecule has 5 rings (SSSR count). The smallest absolute Gasteiger partial charge is 0.421 e. The highest BCUT2D eigenvalue weighted by molar-refractivity contribution is 9.10. The molecule has 1 heterocycles. The number of para-hydroxylation sites is 1. The number of Topliss-reactive ketones (excluding diaryl/α,β-unsaturated/α-hetero) is 1. The average molecular weight is 546 g/mol. The van der Waals surface area contributed by atoms with Crippen molar-refractivity contribution in [1.82, 2.24) is 0 Å². The van der Waals surface area contributed by atoms with Crippen LogP contribution in [0.4, 0.5) is 10.5 Å². The monoisotopic (exact) mass is 545 g/mol. The molecule has 0 saturated heterocycles. The Morgan fingerprint density at radius 2 is 1.44 bits per heavy atom. The number of fused-ring (bicyclic) bond motifs is 2. The number of ether oxygens (including phenoxy) is 1. The molecule has 4 atom stereocenters. The number of alkyl halides is 1.